The fourth-order valence-corrected chi connectivity index (χ4v) is 1.24. The van der Waals surface area contributed by atoms with Gasteiger partial charge < -0.3 is 10.1 Å². The predicted molar refractivity (Wildman–Crippen MR) is 57.4 cm³/mol. The number of alkyl halides is 5. The van der Waals surface area contributed by atoms with E-state index >= 15 is 0 Å². The van der Waals surface area contributed by atoms with E-state index in [1.165, 1.54) is 0 Å². The highest BCUT2D eigenvalue weighted by molar-refractivity contribution is 6.29. The second kappa shape index (κ2) is 6.80. The average molecular weight is 306 g/mol. The molecule has 0 saturated heterocycles. The lowest BCUT2D eigenvalue weighted by molar-refractivity contribution is -0.144. The summed E-state index contributed by atoms with van der Waals surface area (Å²) in [6, 6.07) is 1.09. The molecule has 1 aromatic rings. The maximum Gasteiger partial charge on any atom is 0.451 e. The number of nitrogens with one attached hydrogen (secondary N) is 1. The number of hydrogen-bond acceptors (Lipinski definition) is 4. The van der Waals surface area contributed by atoms with Crippen LogP contribution in [0.5, 0.6) is 0 Å². The molecule has 1 heterocycles. The third kappa shape index (κ3) is 5.97. The van der Waals surface area contributed by atoms with E-state index in [1.807, 2.05) is 0 Å². The third-order valence-electron chi connectivity index (χ3n) is 1.74. The Morgan fingerprint density at radius 2 is 2.00 bits per heavy atom. The van der Waals surface area contributed by atoms with Crippen molar-refractivity contribution in [2.75, 3.05) is 25.1 Å². The first-order chi connectivity index (χ1) is 8.79. The molecule has 0 atom stereocenters. The second-order valence-corrected chi connectivity index (χ2v) is 3.68. The van der Waals surface area contributed by atoms with E-state index in [9.17, 15) is 22.0 Å². The summed E-state index contributed by atoms with van der Waals surface area (Å²) >= 11 is 5.42. The quantitative estimate of drug-likeness (QED) is 0.499. The minimum atomic E-state index is -4.71. The molecule has 0 aliphatic rings. The highest BCUT2D eigenvalue weighted by atomic mass is 35.5. The van der Waals surface area contributed by atoms with Gasteiger partial charge in [-0.05, 0) is 0 Å². The zero-order chi connectivity index (χ0) is 14.5. The van der Waals surface area contributed by atoms with Gasteiger partial charge in [-0.2, -0.15) is 13.2 Å². The van der Waals surface area contributed by atoms with Gasteiger partial charge in [0.2, 0.25) is 5.82 Å². The number of aromatic nitrogens is 2. The smallest absolute Gasteiger partial charge is 0.374 e. The zero-order valence-corrected chi connectivity index (χ0v) is 10.1. The molecule has 10 heteroatoms. The molecule has 0 unspecified atom stereocenters. The molecular weight excluding hydrogens is 297 g/mol. The van der Waals surface area contributed by atoms with Gasteiger partial charge in [-0.15, -0.1) is 0 Å². The van der Waals surface area contributed by atoms with E-state index in [4.69, 9.17) is 11.6 Å². The molecule has 19 heavy (non-hydrogen) atoms. The third-order valence-corrected chi connectivity index (χ3v) is 1.94. The van der Waals surface area contributed by atoms with Crippen LogP contribution < -0.4 is 5.32 Å². The van der Waals surface area contributed by atoms with Gasteiger partial charge in [0.1, 0.15) is 17.6 Å². The van der Waals surface area contributed by atoms with Crippen molar-refractivity contribution in [2.45, 2.75) is 12.6 Å². The Morgan fingerprint density at radius 3 is 2.58 bits per heavy atom. The van der Waals surface area contributed by atoms with Crippen molar-refractivity contribution < 1.29 is 26.7 Å². The summed E-state index contributed by atoms with van der Waals surface area (Å²) in [7, 11) is 0. The summed E-state index contributed by atoms with van der Waals surface area (Å²) in [6.07, 6.45) is -7.31. The first kappa shape index (κ1) is 15.8. The highest BCUT2D eigenvalue weighted by Gasteiger charge is 2.35. The fourth-order valence-electron chi connectivity index (χ4n) is 1.06. The van der Waals surface area contributed by atoms with Gasteiger partial charge in [-0.25, -0.2) is 18.7 Å². The number of hydrogen-bond donors (Lipinski definition) is 1. The summed E-state index contributed by atoms with van der Waals surface area (Å²) in [5.74, 6) is -1.54. The summed E-state index contributed by atoms with van der Waals surface area (Å²) < 4.78 is 65.0. The van der Waals surface area contributed by atoms with E-state index in [-0.39, 0.29) is 24.1 Å². The highest BCUT2D eigenvalue weighted by Crippen LogP contribution is 2.28. The van der Waals surface area contributed by atoms with E-state index in [1.54, 1.807) is 0 Å². The lowest BCUT2D eigenvalue weighted by Crippen LogP contribution is -2.16. The molecule has 0 radical (unpaired) electrons. The second-order valence-electron chi connectivity index (χ2n) is 3.29. The Balaban J connectivity index is 2.52. The van der Waals surface area contributed by atoms with Crippen LogP contribution in [0.2, 0.25) is 5.15 Å². The van der Waals surface area contributed by atoms with Gasteiger partial charge in [0.05, 0.1) is 6.61 Å². The van der Waals surface area contributed by atoms with Crippen LogP contribution in [0.1, 0.15) is 5.82 Å². The van der Waals surface area contributed by atoms with Crippen molar-refractivity contribution >= 4 is 17.4 Å². The fraction of sp³-hybridized carbons (Fsp3) is 0.556. The van der Waals surface area contributed by atoms with Gasteiger partial charge in [0.25, 0.3) is 6.43 Å². The minimum Gasteiger partial charge on any atom is -0.374 e. The molecule has 108 valence electrons. The van der Waals surface area contributed by atoms with Crippen molar-refractivity contribution in [3.63, 3.8) is 0 Å². The van der Waals surface area contributed by atoms with Crippen molar-refractivity contribution in [2.24, 2.45) is 0 Å². The van der Waals surface area contributed by atoms with E-state index in [2.05, 4.69) is 20.0 Å². The molecule has 0 spiro atoms. The van der Waals surface area contributed by atoms with Crippen molar-refractivity contribution in [1.29, 1.82) is 0 Å². The average Bonchev–Trinajstić information content (AvgIpc) is 2.26. The maximum absolute atomic E-state index is 12.4. The number of halogens is 6. The molecule has 0 aliphatic heterocycles. The van der Waals surface area contributed by atoms with Crippen LogP contribution in [-0.4, -0.2) is 36.2 Å². The normalized spacial score (nSPS) is 11.9. The monoisotopic (exact) mass is 305 g/mol. The van der Waals surface area contributed by atoms with Gasteiger partial charge in [0, 0.05) is 12.6 Å². The van der Waals surface area contributed by atoms with E-state index < -0.39 is 25.0 Å². The Hall–Kier alpha value is -1.22. The molecule has 0 bridgehead atoms. The summed E-state index contributed by atoms with van der Waals surface area (Å²) in [5.41, 5.74) is 0. The standard InChI is InChI=1S/C9H9ClF5N3O/c10-5-3-7(16-1-2-19-4-6(11)12)18-8(17-5)9(13,14)15/h3,6H,1-2,4H2,(H,16,17,18). The Morgan fingerprint density at radius 1 is 1.32 bits per heavy atom. The summed E-state index contributed by atoms with van der Waals surface area (Å²) in [6.45, 7) is -0.829. The zero-order valence-electron chi connectivity index (χ0n) is 9.35. The van der Waals surface area contributed by atoms with Gasteiger partial charge in [0.15, 0.2) is 0 Å². The first-order valence-electron chi connectivity index (χ1n) is 5.00. The largest absolute Gasteiger partial charge is 0.451 e. The molecule has 4 nitrogen and oxygen atoms in total. The molecule has 1 N–H and O–H groups in total. The van der Waals surface area contributed by atoms with Crippen LogP contribution in [-0.2, 0) is 10.9 Å². The molecule has 0 fully saturated rings. The minimum absolute atomic E-state index is 0.0113. The molecule has 0 aromatic carbocycles. The molecule has 0 saturated carbocycles. The van der Waals surface area contributed by atoms with Crippen LogP contribution in [0.25, 0.3) is 0 Å². The summed E-state index contributed by atoms with van der Waals surface area (Å²) in [4.78, 5) is 6.23. The SMILES string of the molecule is FC(F)COCCNc1cc(Cl)nc(C(F)(F)F)n1. The molecule has 1 rings (SSSR count). The van der Waals surface area contributed by atoms with Crippen LogP contribution in [0, 0.1) is 0 Å². The van der Waals surface area contributed by atoms with Crippen LogP contribution in [0.4, 0.5) is 27.8 Å². The first-order valence-corrected chi connectivity index (χ1v) is 5.38. The summed E-state index contributed by atoms with van der Waals surface area (Å²) in [5, 5.41) is 2.09. The van der Waals surface area contributed by atoms with Crippen molar-refractivity contribution in [3.8, 4) is 0 Å². The van der Waals surface area contributed by atoms with E-state index in [0.29, 0.717) is 0 Å². The van der Waals surface area contributed by atoms with Crippen molar-refractivity contribution in [1.82, 2.24) is 9.97 Å². The Labute approximate surface area is 109 Å². The van der Waals surface area contributed by atoms with Crippen LogP contribution >= 0.6 is 11.6 Å². The molecular formula is C9H9ClF5N3O. The van der Waals surface area contributed by atoms with Crippen LogP contribution in [0.3, 0.4) is 0 Å². The van der Waals surface area contributed by atoms with Gasteiger partial charge in [-0.1, -0.05) is 11.6 Å². The van der Waals surface area contributed by atoms with Crippen LogP contribution in [0.15, 0.2) is 6.07 Å². The van der Waals surface area contributed by atoms with Crippen molar-refractivity contribution in [3.05, 3.63) is 17.0 Å². The topological polar surface area (TPSA) is 47.0 Å². The predicted octanol–water partition coefficient (Wildman–Crippen LogP) is 2.84. The number of nitrogens with zero attached hydrogens (tertiary/aromatic N) is 2. The van der Waals surface area contributed by atoms with Gasteiger partial charge >= 0.3 is 6.18 Å². The lowest BCUT2D eigenvalue weighted by atomic mass is 10.5. The molecule has 1 aromatic heterocycles. The number of rotatable bonds is 6. The van der Waals surface area contributed by atoms with Gasteiger partial charge in [-0.3, -0.25) is 0 Å². The number of anilines is 1. The van der Waals surface area contributed by atoms with E-state index in [0.717, 1.165) is 6.07 Å². The Kier molecular flexibility index (Phi) is 5.67. The number of ether oxygens (including phenoxy) is 1. The molecule has 0 aliphatic carbocycles. The maximum atomic E-state index is 12.4. The molecule has 0 amide bonds. The lowest BCUT2D eigenvalue weighted by Gasteiger charge is -2.09. The Bertz CT molecular complexity index is 415.